The minimum Gasteiger partial charge on any atom is -0.341 e. The molecule has 4 rings (SSSR count). The molecule has 136 valence electrons. The normalized spacial score (nSPS) is 18.9. The zero-order chi connectivity index (χ0) is 18.8. The summed E-state index contributed by atoms with van der Waals surface area (Å²) in [7, 11) is 0. The third-order valence-electron chi connectivity index (χ3n) is 5.37. The maximum Gasteiger partial charge on any atom is 0.299 e. The van der Waals surface area contributed by atoms with Crippen LogP contribution in [0.5, 0.6) is 0 Å². The Morgan fingerprint density at radius 2 is 2.15 bits per heavy atom. The summed E-state index contributed by atoms with van der Waals surface area (Å²) in [6, 6.07) is 7.77. The van der Waals surface area contributed by atoms with Gasteiger partial charge < -0.3 is 9.88 Å². The Labute approximate surface area is 158 Å². The zero-order valence-corrected chi connectivity index (χ0v) is 15.4. The van der Waals surface area contributed by atoms with Crippen molar-refractivity contribution >= 4 is 16.9 Å². The lowest BCUT2D eigenvalue weighted by Crippen LogP contribution is -2.47. The summed E-state index contributed by atoms with van der Waals surface area (Å²) >= 11 is 0. The van der Waals surface area contributed by atoms with E-state index in [1.165, 1.54) is 5.56 Å². The van der Waals surface area contributed by atoms with Gasteiger partial charge in [-0.15, -0.1) is 6.42 Å². The summed E-state index contributed by atoms with van der Waals surface area (Å²) in [5.74, 6) is 2.08. The predicted octanol–water partition coefficient (Wildman–Crippen LogP) is 3.62. The van der Waals surface area contributed by atoms with E-state index in [9.17, 15) is 4.79 Å². The van der Waals surface area contributed by atoms with Crippen LogP contribution in [-0.4, -0.2) is 31.8 Å². The Morgan fingerprint density at radius 1 is 1.33 bits per heavy atom. The molecule has 0 aromatic carbocycles. The Bertz CT molecular complexity index is 1000. The van der Waals surface area contributed by atoms with Crippen LogP contribution in [-0.2, 0) is 11.2 Å². The number of terminal acetylenes is 1. The van der Waals surface area contributed by atoms with Gasteiger partial charge in [0.1, 0.15) is 5.65 Å². The number of pyridine rings is 2. The fraction of sp³-hybridized carbons (Fsp3) is 0.318. The monoisotopic (exact) mass is 358 g/mol. The molecule has 0 aliphatic carbocycles. The second-order valence-corrected chi connectivity index (χ2v) is 6.96. The van der Waals surface area contributed by atoms with Crippen molar-refractivity contribution < 1.29 is 4.79 Å². The fourth-order valence-corrected chi connectivity index (χ4v) is 4.15. The highest BCUT2D eigenvalue weighted by Crippen LogP contribution is 2.41. The van der Waals surface area contributed by atoms with E-state index in [2.05, 4.69) is 33.9 Å². The number of amides is 1. The number of nitrogens with one attached hydrogen (secondary N) is 1. The maximum absolute atomic E-state index is 12.8. The first kappa shape index (κ1) is 17.3. The lowest BCUT2D eigenvalue weighted by molar-refractivity contribution is -0.130. The molecule has 27 heavy (non-hydrogen) atoms. The molecule has 3 aromatic heterocycles. The van der Waals surface area contributed by atoms with E-state index >= 15 is 0 Å². The highest BCUT2D eigenvalue weighted by molar-refractivity contribution is 5.94. The molecule has 1 amide bonds. The second-order valence-electron chi connectivity index (χ2n) is 6.96. The van der Waals surface area contributed by atoms with Crippen molar-refractivity contribution in [1.82, 2.24) is 19.9 Å². The number of aromatic nitrogens is 3. The van der Waals surface area contributed by atoms with Crippen molar-refractivity contribution in [2.45, 2.75) is 44.7 Å². The van der Waals surface area contributed by atoms with Gasteiger partial charge in [-0.25, -0.2) is 4.98 Å². The van der Waals surface area contributed by atoms with E-state index in [-0.39, 0.29) is 18.0 Å². The molecule has 0 radical (unpaired) electrons. The average molecular weight is 358 g/mol. The van der Waals surface area contributed by atoms with Crippen molar-refractivity contribution in [1.29, 1.82) is 0 Å². The van der Waals surface area contributed by atoms with Crippen molar-refractivity contribution in [3.63, 3.8) is 0 Å². The van der Waals surface area contributed by atoms with Crippen molar-refractivity contribution in [2.75, 3.05) is 0 Å². The molecule has 1 aliphatic heterocycles. The molecule has 5 nitrogen and oxygen atoms in total. The molecule has 0 saturated heterocycles. The quantitative estimate of drug-likeness (QED) is 0.725. The van der Waals surface area contributed by atoms with Crippen LogP contribution in [0.3, 0.4) is 0 Å². The van der Waals surface area contributed by atoms with Crippen LogP contribution in [0.15, 0.2) is 42.9 Å². The molecule has 0 unspecified atom stereocenters. The standard InChI is InChI=1S/C22H22N4O/c1-3-5-7-16-14-18-17-8-6-11-24-22(17)25-20(18)21(26(16)19(27)4-2)15-9-12-23-13-10-15/h2,6,8-13,16,21H,3,5,7,14H2,1H3,(H,24,25)/t16-,21-/m0/s1. The van der Waals surface area contributed by atoms with Gasteiger partial charge >= 0.3 is 0 Å². The minimum absolute atomic E-state index is 0.0679. The summed E-state index contributed by atoms with van der Waals surface area (Å²) in [6.07, 6.45) is 14.7. The van der Waals surface area contributed by atoms with E-state index in [1.807, 2.05) is 23.1 Å². The second kappa shape index (κ2) is 7.24. The average Bonchev–Trinajstić information content (AvgIpc) is 3.09. The lowest BCUT2D eigenvalue weighted by atomic mass is 9.86. The number of hydrogen-bond donors (Lipinski definition) is 1. The van der Waals surface area contributed by atoms with Gasteiger partial charge in [-0.1, -0.05) is 19.8 Å². The SMILES string of the molecule is C#CC(=O)N1[C@@H](CCCC)Cc2c([nH]c3ncccc23)[C@@H]1c1ccncc1. The lowest BCUT2D eigenvalue weighted by Gasteiger charge is -2.41. The van der Waals surface area contributed by atoms with Crippen LogP contribution >= 0.6 is 0 Å². The van der Waals surface area contributed by atoms with Crippen molar-refractivity contribution in [3.05, 3.63) is 59.7 Å². The molecular formula is C22H22N4O. The van der Waals surface area contributed by atoms with Crippen molar-refractivity contribution in [3.8, 4) is 12.3 Å². The molecular weight excluding hydrogens is 336 g/mol. The Balaban J connectivity index is 1.93. The number of H-pyrrole nitrogens is 1. The summed E-state index contributed by atoms with van der Waals surface area (Å²) in [5, 5.41) is 1.13. The van der Waals surface area contributed by atoms with Crippen LogP contribution in [0.25, 0.3) is 11.0 Å². The number of hydrogen-bond acceptors (Lipinski definition) is 3. The number of rotatable bonds is 4. The zero-order valence-electron chi connectivity index (χ0n) is 15.4. The Hall–Kier alpha value is -3.13. The van der Waals surface area contributed by atoms with Crippen LogP contribution in [0.2, 0.25) is 0 Å². The molecule has 2 atom stereocenters. The van der Waals surface area contributed by atoms with Gasteiger partial charge in [-0.2, -0.15) is 0 Å². The Morgan fingerprint density at radius 3 is 2.89 bits per heavy atom. The molecule has 1 N–H and O–H groups in total. The summed E-state index contributed by atoms with van der Waals surface area (Å²) in [6.45, 7) is 2.16. The maximum atomic E-state index is 12.8. The number of nitrogens with zero attached hydrogens (tertiary/aromatic N) is 3. The van der Waals surface area contributed by atoms with Crippen molar-refractivity contribution in [2.24, 2.45) is 0 Å². The largest absolute Gasteiger partial charge is 0.341 e. The van der Waals surface area contributed by atoms with E-state index in [4.69, 9.17) is 6.42 Å². The summed E-state index contributed by atoms with van der Waals surface area (Å²) in [4.78, 5) is 26.7. The molecule has 0 fully saturated rings. The first-order chi connectivity index (χ1) is 13.2. The highest BCUT2D eigenvalue weighted by Gasteiger charge is 2.39. The first-order valence-corrected chi connectivity index (χ1v) is 9.38. The number of aromatic amines is 1. The van der Waals surface area contributed by atoms with E-state index in [0.29, 0.717) is 0 Å². The fourth-order valence-electron chi connectivity index (χ4n) is 4.15. The molecule has 3 aromatic rings. The van der Waals surface area contributed by atoms with Gasteiger partial charge in [0.05, 0.1) is 6.04 Å². The van der Waals surface area contributed by atoms with E-state index < -0.39 is 0 Å². The third kappa shape index (κ3) is 2.97. The smallest absolute Gasteiger partial charge is 0.299 e. The van der Waals surface area contributed by atoms with Crippen LogP contribution in [0.4, 0.5) is 0 Å². The molecule has 1 aliphatic rings. The number of fused-ring (bicyclic) bond motifs is 3. The molecule has 0 spiro atoms. The van der Waals surface area contributed by atoms with Gasteiger partial charge in [-0.05, 0) is 54.2 Å². The molecule has 0 bridgehead atoms. The highest BCUT2D eigenvalue weighted by atomic mass is 16.2. The van der Waals surface area contributed by atoms with Crippen LogP contribution in [0.1, 0.15) is 49.0 Å². The molecule has 0 saturated carbocycles. The minimum atomic E-state index is -0.268. The first-order valence-electron chi connectivity index (χ1n) is 9.38. The molecule has 5 heteroatoms. The van der Waals surface area contributed by atoms with E-state index in [0.717, 1.165) is 48.0 Å². The van der Waals surface area contributed by atoms with Gasteiger partial charge in [0.2, 0.25) is 0 Å². The van der Waals surface area contributed by atoms with E-state index in [1.54, 1.807) is 18.6 Å². The topological polar surface area (TPSA) is 61.9 Å². The third-order valence-corrected chi connectivity index (χ3v) is 5.37. The van der Waals surface area contributed by atoms with Gasteiger partial charge in [-0.3, -0.25) is 9.78 Å². The number of carbonyl (C=O) groups is 1. The summed E-state index contributed by atoms with van der Waals surface area (Å²) < 4.78 is 0. The number of carbonyl (C=O) groups excluding carboxylic acids is 1. The summed E-state index contributed by atoms with van der Waals surface area (Å²) in [5.41, 5.74) is 4.10. The van der Waals surface area contributed by atoms with Gasteiger partial charge in [0, 0.05) is 35.7 Å². The van der Waals surface area contributed by atoms with Gasteiger partial charge in [0.25, 0.3) is 5.91 Å². The van der Waals surface area contributed by atoms with Crippen LogP contribution < -0.4 is 0 Å². The number of unbranched alkanes of at least 4 members (excludes halogenated alkanes) is 1. The Kier molecular flexibility index (Phi) is 4.64. The van der Waals surface area contributed by atoms with Gasteiger partial charge in [0.15, 0.2) is 0 Å². The molecule has 4 heterocycles. The predicted molar refractivity (Wildman–Crippen MR) is 105 cm³/mol. The van der Waals surface area contributed by atoms with Crippen LogP contribution in [0, 0.1) is 12.3 Å².